The molecular formula is C70H131NO18. The summed E-state index contributed by atoms with van der Waals surface area (Å²) in [6.45, 7) is 1.74. The van der Waals surface area contributed by atoms with Crippen molar-refractivity contribution in [1.82, 2.24) is 5.32 Å². The van der Waals surface area contributed by atoms with Crippen LogP contribution in [0.25, 0.3) is 0 Å². The molecular weight excluding hydrogens is 1140 g/mol. The largest absolute Gasteiger partial charge is 0.394 e. The van der Waals surface area contributed by atoms with Crippen molar-refractivity contribution in [3.63, 3.8) is 0 Å². The van der Waals surface area contributed by atoms with Crippen LogP contribution in [-0.2, 0) is 33.2 Å². The Morgan fingerprint density at radius 1 is 0.393 bits per heavy atom. The van der Waals surface area contributed by atoms with Crippen molar-refractivity contribution in [2.24, 2.45) is 0 Å². The summed E-state index contributed by atoms with van der Waals surface area (Å²) in [6, 6.07) is -0.986. The minimum Gasteiger partial charge on any atom is -0.394 e. The van der Waals surface area contributed by atoms with Crippen LogP contribution in [0.3, 0.4) is 0 Å². The highest BCUT2D eigenvalue weighted by Gasteiger charge is 2.53. The summed E-state index contributed by atoms with van der Waals surface area (Å²) in [5, 5.41) is 120. The van der Waals surface area contributed by atoms with E-state index in [1.54, 1.807) is 6.08 Å². The Hall–Kier alpha value is -1.73. The molecule has 0 aromatic heterocycles. The SMILES string of the molecule is CCCCCCCCCCCCCCCCCCCCCCCCCC/C=C/CC/C=C/C(O)C(COC1OC(CO)C(OC2OC(CO)C(OC3OC(CO)C(O)C(O)C3O)C(O)C2O)C(O)C1O)NC(=O)CCCCCCCCCCCCCCCC. The molecule has 17 unspecified atom stereocenters. The van der Waals surface area contributed by atoms with Gasteiger partial charge < -0.3 is 89.9 Å². The monoisotopic (exact) mass is 1270 g/mol. The van der Waals surface area contributed by atoms with Gasteiger partial charge in [-0.25, -0.2) is 0 Å². The molecule has 0 bridgehead atoms. The van der Waals surface area contributed by atoms with Gasteiger partial charge in [-0.05, 0) is 32.1 Å². The highest BCUT2D eigenvalue weighted by atomic mass is 16.8. The average molecular weight is 1270 g/mol. The van der Waals surface area contributed by atoms with Crippen LogP contribution in [0.1, 0.15) is 284 Å². The molecule has 12 N–H and O–H groups in total. The fourth-order valence-electron chi connectivity index (χ4n) is 12.4. The lowest BCUT2D eigenvalue weighted by atomic mass is 9.96. The third-order valence-corrected chi connectivity index (χ3v) is 18.3. The molecule has 0 saturated carbocycles. The van der Waals surface area contributed by atoms with E-state index in [4.69, 9.17) is 28.4 Å². The molecule has 0 aromatic rings. The van der Waals surface area contributed by atoms with Crippen molar-refractivity contribution in [2.75, 3.05) is 26.4 Å². The second-order valence-corrected chi connectivity index (χ2v) is 26.1. The van der Waals surface area contributed by atoms with Crippen LogP contribution in [0.2, 0.25) is 0 Å². The lowest BCUT2D eigenvalue weighted by Gasteiger charge is -2.48. The molecule has 19 heteroatoms. The minimum atomic E-state index is -1.98. The first-order valence-corrected chi connectivity index (χ1v) is 36.1. The standard InChI is InChI=1S/C70H131NO18/c1-3-5-7-9-11-13-15-17-19-20-21-22-23-24-25-26-27-28-29-30-31-32-33-34-35-37-39-41-43-45-47-54(75)53(71-58(76)48-46-44-42-40-38-36-18-16-14-12-10-8-6-4-2)52-84-68-64(82)61(79)66(56(50-73)86-68)89-70-65(83)62(80)67(57(51-74)87-70)88-69-63(81)60(78)59(77)55(49-72)85-69/h37,39,45,47,53-57,59-70,72-75,77-83H,3-36,38,40-44,46,48-52H2,1-2H3,(H,71,76)/b39-37+,47-45+. The number of amides is 1. The van der Waals surface area contributed by atoms with Gasteiger partial charge in [0, 0.05) is 6.42 Å². The second-order valence-electron chi connectivity index (χ2n) is 26.1. The zero-order valence-electron chi connectivity index (χ0n) is 55.4. The molecule has 1 amide bonds. The highest BCUT2D eigenvalue weighted by molar-refractivity contribution is 5.76. The van der Waals surface area contributed by atoms with E-state index >= 15 is 0 Å². The van der Waals surface area contributed by atoms with Crippen LogP contribution in [-0.4, -0.2) is 193 Å². The summed E-state index contributed by atoms with van der Waals surface area (Å²) in [6.07, 6.45) is 33.2. The van der Waals surface area contributed by atoms with Crippen molar-refractivity contribution in [2.45, 2.75) is 388 Å². The quantitative estimate of drug-likeness (QED) is 0.0199. The predicted octanol–water partition coefficient (Wildman–Crippen LogP) is 9.83. The van der Waals surface area contributed by atoms with Crippen molar-refractivity contribution < 1.29 is 89.4 Å². The zero-order valence-corrected chi connectivity index (χ0v) is 55.4. The van der Waals surface area contributed by atoms with E-state index in [-0.39, 0.29) is 18.9 Å². The minimum absolute atomic E-state index is 0.240. The van der Waals surface area contributed by atoms with E-state index < -0.39 is 124 Å². The smallest absolute Gasteiger partial charge is 0.220 e. The van der Waals surface area contributed by atoms with Gasteiger partial charge in [-0.1, -0.05) is 269 Å². The fourth-order valence-corrected chi connectivity index (χ4v) is 12.4. The highest BCUT2D eigenvalue weighted by Crippen LogP contribution is 2.33. The number of hydrogen-bond donors (Lipinski definition) is 12. The Morgan fingerprint density at radius 3 is 1.12 bits per heavy atom. The number of rotatable bonds is 56. The van der Waals surface area contributed by atoms with E-state index in [2.05, 4.69) is 31.3 Å². The lowest BCUT2D eigenvalue weighted by molar-refractivity contribution is -0.379. The summed E-state index contributed by atoms with van der Waals surface area (Å²) in [7, 11) is 0. The van der Waals surface area contributed by atoms with E-state index in [1.807, 2.05) is 6.08 Å². The summed E-state index contributed by atoms with van der Waals surface area (Å²) in [4.78, 5) is 13.4. The van der Waals surface area contributed by atoms with Crippen LogP contribution in [0.4, 0.5) is 0 Å². The van der Waals surface area contributed by atoms with Crippen molar-refractivity contribution >= 4 is 5.91 Å². The molecule has 3 rings (SSSR count). The van der Waals surface area contributed by atoms with Crippen LogP contribution >= 0.6 is 0 Å². The van der Waals surface area contributed by atoms with Gasteiger partial charge in [-0.2, -0.15) is 0 Å². The maximum absolute atomic E-state index is 13.4. The number of unbranched alkanes of at least 4 members (excludes halogenated alkanes) is 38. The molecule has 0 aromatic carbocycles. The topological polar surface area (TPSA) is 307 Å². The molecule has 0 radical (unpaired) electrons. The van der Waals surface area contributed by atoms with Crippen LogP contribution in [0, 0.1) is 0 Å². The second kappa shape index (κ2) is 52.5. The van der Waals surface area contributed by atoms with E-state index in [1.165, 1.54) is 212 Å². The summed E-state index contributed by atoms with van der Waals surface area (Å²) in [5.41, 5.74) is 0. The third kappa shape index (κ3) is 34.5. The number of carbonyl (C=O) groups excluding carboxylic acids is 1. The number of ether oxygens (including phenoxy) is 6. The molecule has 3 saturated heterocycles. The Labute approximate surface area is 537 Å². The predicted molar refractivity (Wildman–Crippen MR) is 346 cm³/mol. The van der Waals surface area contributed by atoms with Gasteiger partial charge in [0.1, 0.15) is 73.2 Å². The van der Waals surface area contributed by atoms with E-state index in [0.717, 1.165) is 38.5 Å². The summed E-state index contributed by atoms with van der Waals surface area (Å²) < 4.78 is 34.3. The Kier molecular flexibility index (Phi) is 48.1. The number of allylic oxidation sites excluding steroid dienone is 3. The summed E-state index contributed by atoms with van der Waals surface area (Å²) in [5.74, 6) is -0.282. The van der Waals surface area contributed by atoms with E-state index in [0.29, 0.717) is 12.8 Å². The molecule has 19 nitrogen and oxygen atoms in total. The molecule has 3 aliphatic heterocycles. The maximum Gasteiger partial charge on any atom is 0.220 e. The van der Waals surface area contributed by atoms with Gasteiger partial charge in [0.05, 0.1) is 38.6 Å². The molecule has 0 aliphatic carbocycles. The van der Waals surface area contributed by atoms with Gasteiger partial charge in [0.25, 0.3) is 0 Å². The Bertz CT molecular complexity index is 1710. The summed E-state index contributed by atoms with van der Waals surface area (Å²) >= 11 is 0. The molecule has 0 spiro atoms. The number of aliphatic hydroxyl groups excluding tert-OH is 11. The average Bonchev–Trinajstić information content (AvgIpc) is 1.93. The van der Waals surface area contributed by atoms with Crippen molar-refractivity contribution in [1.29, 1.82) is 0 Å². The molecule has 524 valence electrons. The van der Waals surface area contributed by atoms with Crippen molar-refractivity contribution in [3.05, 3.63) is 24.3 Å². The van der Waals surface area contributed by atoms with Gasteiger partial charge in [-0.15, -0.1) is 0 Å². The maximum atomic E-state index is 13.4. The molecule has 3 heterocycles. The van der Waals surface area contributed by atoms with Gasteiger partial charge in [0.2, 0.25) is 5.91 Å². The van der Waals surface area contributed by atoms with Crippen LogP contribution in [0.5, 0.6) is 0 Å². The lowest BCUT2D eigenvalue weighted by Crippen LogP contribution is -2.66. The van der Waals surface area contributed by atoms with E-state index in [9.17, 15) is 61.0 Å². The van der Waals surface area contributed by atoms with Crippen LogP contribution < -0.4 is 5.32 Å². The molecule has 17 atom stereocenters. The molecule has 89 heavy (non-hydrogen) atoms. The Morgan fingerprint density at radius 2 is 0.719 bits per heavy atom. The molecule has 3 aliphatic rings. The first-order valence-electron chi connectivity index (χ1n) is 36.1. The zero-order chi connectivity index (χ0) is 64.7. The number of nitrogens with one attached hydrogen (secondary N) is 1. The van der Waals surface area contributed by atoms with Gasteiger partial charge in [0.15, 0.2) is 18.9 Å². The van der Waals surface area contributed by atoms with Crippen LogP contribution in [0.15, 0.2) is 24.3 Å². The fraction of sp³-hybridized carbons (Fsp3) is 0.929. The normalized spacial score (nSPS) is 28.3. The third-order valence-electron chi connectivity index (χ3n) is 18.3. The first kappa shape index (κ1) is 81.5. The van der Waals surface area contributed by atoms with Gasteiger partial charge in [-0.3, -0.25) is 4.79 Å². The number of carbonyl (C=O) groups is 1. The number of hydrogen-bond acceptors (Lipinski definition) is 18. The number of aliphatic hydroxyl groups is 11. The Balaban J connectivity index is 1.40. The first-order chi connectivity index (χ1) is 43.3. The van der Waals surface area contributed by atoms with Gasteiger partial charge >= 0.3 is 0 Å². The van der Waals surface area contributed by atoms with Crippen molar-refractivity contribution in [3.8, 4) is 0 Å². The molecule has 3 fully saturated rings.